The van der Waals surface area contributed by atoms with Crippen LogP contribution in [0.4, 0.5) is 14.9 Å². The maximum absolute atomic E-state index is 15.1. The van der Waals surface area contributed by atoms with Crippen molar-refractivity contribution in [3.8, 4) is 34.5 Å². The second-order valence-electron chi connectivity index (χ2n) is 11.3. The number of halogens is 1. The molecule has 2 heterocycles. The molecule has 2 N–H and O–H groups in total. The molecule has 248 valence electrons. The number of pyridine rings is 1. The largest absolute Gasteiger partial charge is 0.497 e. The van der Waals surface area contributed by atoms with E-state index in [1.165, 1.54) is 45.4 Å². The molecule has 2 amide bonds. The summed E-state index contributed by atoms with van der Waals surface area (Å²) in [4.78, 5) is 19.3. The molecule has 0 spiro atoms. The van der Waals surface area contributed by atoms with Crippen LogP contribution in [0.25, 0.3) is 10.9 Å². The van der Waals surface area contributed by atoms with Crippen LogP contribution in [0.1, 0.15) is 31.7 Å². The second-order valence-corrected chi connectivity index (χ2v) is 11.3. The van der Waals surface area contributed by atoms with Crippen molar-refractivity contribution in [3.05, 3.63) is 72.2 Å². The van der Waals surface area contributed by atoms with Crippen molar-refractivity contribution in [2.45, 2.75) is 26.2 Å². The van der Waals surface area contributed by atoms with Crippen LogP contribution in [-0.4, -0.2) is 69.7 Å². The van der Waals surface area contributed by atoms with E-state index in [9.17, 15) is 4.79 Å². The Kier molecular flexibility index (Phi) is 11.3. The van der Waals surface area contributed by atoms with E-state index in [0.29, 0.717) is 57.5 Å². The molecule has 1 aromatic heterocycles. The van der Waals surface area contributed by atoms with Gasteiger partial charge in [-0.3, -0.25) is 4.98 Å². The Labute approximate surface area is 273 Å². The zero-order valence-corrected chi connectivity index (χ0v) is 27.0. The highest BCUT2D eigenvalue weighted by atomic mass is 19.1. The molecule has 0 saturated carbocycles. The molecule has 4 aromatic rings. The number of hydrazone groups is 1. The number of carbonyl (C=O) groups excluding carboxylic acids is 1. The smallest absolute Gasteiger partial charge is 0.339 e. The van der Waals surface area contributed by atoms with Gasteiger partial charge in [-0.25, -0.2) is 14.6 Å². The molecular weight excluding hydrogens is 605 g/mol. The van der Waals surface area contributed by atoms with E-state index in [2.05, 4.69) is 32.7 Å². The number of piperidine rings is 1. The fraction of sp³-hybridized carbons (Fsp3) is 0.343. The van der Waals surface area contributed by atoms with Crippen molar-refractivity contribution >= 4 is 28.8 Å². The molecule has 11 nitrogen and oxygen atoms in total. The number of carbonyl (C=O) groups is 1. The number of urea groups is 1. The summed E-state index contributed by atoms with van der Waals surface area (Å²) in [5, 5.41) is 7.19. The van der Waals surface area contributed by atoms with Crippen LogP contribution in [0, 0.1) is 11.7 Å². The molecule has 1 aliphatic heterocycles. The van der Waals surface area contributed by atoms with Gasteiger partial charge < -0.3 is 33.9 Å². The lowest BCUT2D eigenvalue weighted by atomic mass is 9.99. The molecule has 3 aromatic carbocycles. The molecule has 5 rings (SSSR count). The Morgan fingerprint density at radius 2 is 1.72 bits per heavy atom. The van der Waals surface area contributed by atoms with Crippen molar-refractivity contribution in [2.75, 3.05) is 52.9 Å². The van der Waals surface area contributed by atoms with Gasteiger partial charge in [0.1, 0.15) is 17.2 Å². The normalized spacial score (nSPS) is 13.8. The number of rotatable bonds is 13. The first kappa shape index (κ1) is 33.3. The number of fused-ring (bicyclic) bond motifs is 1. The Balaban J connectivity index is 1.19. The summed E-state index contributed by atoms with van der Waals surface area (Å²) in [7, 11) is 4.60. The average molecular weight is 646 g/mol. The maximum atomic E-state index is 15.1. The monoisotopic (exact) mass is 645 g/mol. The molecule has 0 unspecified atom stereocenters. The van der Waals surface area contributed by atoms with Gasteiger partial charge in [-0.05, 0) is 74.2 Å². The van der Waals surface area contributed by atoms with Crippen LogP contribution < -0.4 is 34.4 Å². The lowest BCUT2D eigenvalue weighted by Gasteiger charge is -2.30. The van der Waals surface area contributed by atoms with E-state index in [-0.39, 0.29) is 5.75 Å². The van der Waals surface area contributed by atoms with Gasteiger partial charge in [0.25, 0.3) is 0 Å². The van der Waals surface area contributed by atoms with E-state index >= 15 is 4.39 Å². The second kappa shape index (κ2) is 15.9. The van der Waals surface area contributed by atoms with Crippen LogP contribution in [0.3, 0.4) is 0 Å². The van der Waals surface area contributed by atoms with Crippen molar-refractivity contribution in [1.29, 1.82) is 0 Å². The number of amides is 2. The van der Waals surface area contributed by atoms with Crippen LogP contribution >= 0.6 is 0 Å². The fourth-order valence-corrected chi connectivity index (χ4v) is 5.25. The SMILES string of the molecule is COc1cc(NC(=O)N/N=C/c2ccc(Oc3ccnc4cc(OCCCN5CCC(C)CC5)c(OC)cc34)c(F)c2)cc(OC)c1. The molecule has 1 saturated heterocycles. The number of likely N-dealkylation sites (tertiary alicyclic amines) is 1. The van der Waals surface area contributed by atoms with Crippen LogP contribution in [0.5, 0.6) is 34.5 Å². The fourth-order valence-electron chi connectivity index (χ4n) is 5.25. The van der Waals surface area contributed by atoms with Gasteiger partial charge in [0.2, 0.25) is 0 Å². The Bertz CT molecular complexity index is 1690. The van der Waals surface area contributed by atoms with Crippen LogP contribution in [-0.2, 0) is 0 Å². The molecule has 12 heteroatoms. The van der Waals surface area contributed by atoms with Crippen molar-refractivity contribution < 1.29 is 32.9 Å². The molecule has 0 bridgehead atoms. The van der Waals surface area contributed by atoms with E-state index < -0.39 is 11.8 Å². The van der Waals surface area contributed by atoms with Crippen LogP contribution in [0.2, 0.25) is 0 Å². The number of nitrogens with one attached hydrogen (secondary N) is 2. The summed E-state index contributed by atoms with van der Waals surface area (Å²) in [6.45, 7) is 6.15. The van der Waals surface area contributed by atoms with Crippen LogP contribution in [0.15, 0.2) is 65.9 Å². The number of ether oxygens (including phenoxy) is 5. The number of benzene rings is 3. The highest BCUT2D eigenvalue weighted by Crippen LogP contribution is 2.37. The maximum Gasteiger partial charge on any atom is 0.339 e. The first-order valence-corrected chi connectivity index (χ1v) is 15.5. The average Bonchev–Trinajstić information content (AvgIpc) is 3.08. The standard InChI is InChI=1S/C35H40FN5O6/c1-23-9-13-41(14-10-23)12-5-15-46-34-21-30-28(20-33(34)45-4)31(8-11-37-30)47-32-7-6-24(16-29(32)36)22-38-40-35(42)39-25-17-26(43-2)19-27(18-25)44-3/h6-8,11,16-23H,5,9-10,12-15H2,1-4H3,(H2,39,40,42)/b38-22+. The van der Waals surface area contributed by atoms with Gasteiger partial charge >= 0.3 is 6.03 Å². The third kappa shape index (κ3) is 9.01. The number of hydrogen-bond acceptors (Lipinski definition) is 9. The third-order valence-electron chi connectivity index (χ3n) is 7.90. The van der Waals surface area contributed by atoms with E-state index in [0.717, 1.165) is 32.0 Å². The van der Waals surface area contributed by atoms with Gasteiger partial charge in [0.05, 0.1) is 39.7 Å². The van der Waals surface area contributed by atoms with Crippen molar-refractivity contribution in [3.63, 3.8) is 0 Å². The first-order chi connectivity index (χ1) is 22.8. The molecular formula is C35H40FN5O6. The van der Waals surface area contributed by atoms with Gasteiger partial charge in [0, 0.05) is 48.1 Å². The quantitative estimate of drug-likeness (QED) is 0.0922. The zero-order chi connectivity index (χ0) is 33.2. The minimum Gasteiger partial charge on any atom is -0.497 e. The summed E-state index contributed by atoms with van der Waals surface area (Å²) in [6.07, 6.45) is 6.33. The van der Waals surface area contributed by atoms with Gasteiger partial charge in [0.15, 0.2) is 23.1 Å². The number of aromatic nitrogens is 1. The number of hydrogen-bond donors (Lipinski definition) is 2. The predicted molar refractivity (Wildman–Crippen MR) is 179 cm³/mol. The lowest BCUT2D eigenvalue weighted by molar-refractivity contribution is 0.176. The Morgan fingerprint density at radius 1 is 0.957 bits per heavy atom. The van der Waals surface area contributed by atoms with Gasteiger partial charge in [-0.15, -0.1) is 0 Å². The first-order valence-electron chi connectivity index (χ1n) is 15.5. The third-order valence-corrected chi connectivity index (χ3v) is 7.90. The summed E-state index contributed by atoms with van der Waals surface area (Å²) >= 11 is 0. The highest BCUT2D eigenvalue weighted by Gasteiger charge is 2.16. The summed E-state index contributed by atoms with van der Waals surface area (Å²) in [5.41, 5.74) is 3.84. The molecule has 0 radical (unpaired) electrons. The van der Waals surface area contributed by atoms with E-state index in [1.807, 2.05) is 6.07 Å². The van der Waals surface area contributed by atoms with Crippen molar-refractivity contribution in [1.82, 2.24) is 15.3 Å². The summed E-state index contributed by atoms with van der Waals surface area (Å²) in [5.74, 6) is 2.79. The molecule has 0 aliphatic carbocycles. The van der Waals surface area contributed by atoms with E-state index in [1.54, 1.807) is 49.7 Å². The minimum absolute atomic E-state index is 0.0127. The zero-order valence-electron chi connectivity index (χ0n) is 27.0. The predicted octanol–water partition coefficient (Wildman–Crippen LogP) is 6.85. The van der Waals surface area contributed by atoms with E-state index in [4.69, 9.17) is 23.7 Å². The van der Waals surface area contributed by atoms with Gasteiger partial charge in [-0.1, -0.05) is 6.92 Å². The molecule has 1 fully saturated rings. The molecule has 1 aliphatic rings. The summed E-state index contributed by atoms with van der Waals surface area (Å²) < 4.78 is 43.2. The summed E-state index contributed by atoms with van der Waals surface area (Å²) in [6, 6.07) is 14.0. The number of nitrogens with zero attached hydrogens (tertiary/aromatic N) is 3. The van der Waals surface area contributed by atoms with Gasteiger partial charge in [-0.2, -0.15) is 5.10 Å². The van der Waals surface area contributed by atoms with Crippen molar-refractivity contribution in [2.24, 2.45) is 11.0 Å². The highest BCUT2D eigenvalue weighted by molar-refractivity contribution is 5.91. The number of methoxy groups -OCH3 is 3. The number of anilines is 1. The lowest BCUT2D eigenvalue weighted by Crippen LogP contribution is -2.34. The molecule has 0 atom stereocenters. The molecule has 47 heavy (non-hydrogen) atoms. The Hall–Kier alpha value is -5.10. The Morgan fingerprint density at radius 3 is 2.43 bits per heavy atom. The topological polar surface area (TPSA) is 116 Å². The minimum atomic E-state index is -0.609.